The Hall–Kier alpha value is -3.48. The van der Waals surface area contributed by atoms with Crippen LogP contribution in [-0.4, -0.2) is 54.4 Å². The van der Waals surface area contributed by atoms with E-state index in [9.17, 15) is 14.9 Å². The molecule has 10 heteroatoms. The molecular formula is C28H27N7O2Y-2. The summed E-state index contributed by atoms with van der Waals surface area (Å²) in [4.78, 5) is 39.1. The first-order valence-electron chi connectivity index (χ1n) is 12.0. The van der Waals surface area contributed by atoms with Crippen LogP contribution >= 0.6 is 0 Å². The number of nitriles is 1. The van der Waals surface area contributed by atoms with Gasteiger partial charge in [-0.25, -0.2) is 9.67 Å². The van der Waals surface area contributed by atoms with E-state index in [0.29, 0.717) is 54.0 Å². The smallest absolute Gasteiger partial charge is 0.282 e. The number of benzene rings is 1. The van der Waals surface area contributed by atoms with Crippen molar-refractivity contribution in [2.24, 2.45) is 0 Å². The average molecular weight is 582 g/mol. The number of likely N-dealkylation sites (tertiary alicyclic amines) is 1. The van der Waals surface area contributed by atoms with Gasteiger partial charge in [0.25, 0.3) is 5.91 Å². The normalized spacial score (nSPS) is 12.7. The molecule has 0 bridgehead atoms. The number of allylic oxidation sites excluding steroid dienone is 1. The number of hydrogen-bond acceptors (Lipinski definition) is 6. The molecule has 0 unspecified atom stereocenters. The van der Waals surface area contributed by atoms with Gasteiger partial charge in [-0.2, -0.15) is 35.7 Å². The molecule has 191 valence electrons. The van der Waals surface area contributed by atoms with Gasteiger partial charge in [0.1, 0.15) is 18.0 Å². The predicted molar refractivity (Wildman–Crippen MR) is 139 cm³/mol. The van der Waals surface area contributed by atoms with Crippen molar-refractivity contribution in [3.8, 4) is 11.9 Å². The Morgan fingerprint density at radius 3 is 2.42 bits per heavy atom. The van der Waals surface area contributed by atoms with E-state index in [0.717, 1.165) is 11.1 Å². The number of rotatable bonds is 4. The number of piperidine rings is 1. The van der Waals surface area contributed by atoms with E-state index in [1.165, 1.54) is 23.4 Å². The van der Waals surface area contributed by atoms with Crippen molar-refractivity contribution < 1.29 is 42.3 Å². The van der Waals surface area contributed by atoms with Crippen LogP contribution in [0.4, 0.5) is 0 Å². The fraction of sp³-hybridized carbons (Fsp3) is 0.250. The zero-order valence-electron chi connectivity index (χ0n) is 21.6. The molecule has 1 fully saturated rings. The van der Waals surface area contributed by atoms with E-state index >= 15 is 0 Å². The Balaban J connectivity index is 0.000000956. The Labute approximate surface area is 246 Å². The number of nitrogens with one attached hydrogen (secondary N) is 1. The molecule has 0 saturated carbocycles. The zero-order valence-corrected chi connectivity index (χ0v) is 24.4. The molecule has 4 heterocycles. The number of aryl methyl sites for hydroxylation is 1. The summed E-state index contributed by atoms with van der Waals surface area (Å²) in [6, 6.07) is 14.8. The van der Waals surface area contributed by atoms with Crippen molar-refractivity contribution in [2.45, 2.75) is 33.6 Å². The number of aromatic amines is 1. The molecule has 1 aromatic carbocycles. The first-order chi connectivity index (χ1) is 18.0. The Morgan fingerprint density at radius 1 is 1.13 bits per heavy atom. The second-order valence-electron chi connectivity index (χ2n) is 8.57. The molecule has 5 rings (SSSR count). The molecule has 38 heavy (non-hydrogen) atoms. The van der Waals surface area contributed by atoms with Gasteiger partial charge in [0.15, 0.2) is 5.78 Å². The van der Waals surface area contributed by atoms with Crippen LogP contribution in [0.25, 0.3) is 22.3 Å². The molecule has 0 atom stereocenters. The number of ketones is 1. The van der Waals surface area contributed by atoms with Gasteiger partial charge in [0.05, 0.1) is 11.6 Å². The molecule has 1 N–H and O–H groups in total. The van der Waals surface area contributed by atoms with Gasteiger partial charge in [0.2, 0.25) is 0 Å². The number of H-pyrrole nitrogens is 1. The van der Waals surface area contributed by atoms with Gasteiger partial charge in [-0.15, -0.1) is 0 Å². The van der Waals surface area contributed by atoms with Crippen LogP contribution in [0.1, 0.15) is 48.4 Å². The molecule has 9 nitrogen and oxygen atoms in total. The largest absolute Gasteiger partial charge is 0.420 e. The Bertz CT molecular complexity index is 1490. The standard InChI is InChI=1S/C25H20N7O2.C3H7.Y/c1-16-29-15-32(30-16)24-22-19(7-10-27-24)21(14-28-22)23(33)25(34)31-11-8-18(9-12-31)20(13-26)17-5-3-2-4-6-17;1-3-2;/h2-6,10,14-15,28H,8-9,11-12H2,1H3;3H,1-2H3;/q2*-1;. The SMILES string of the molecule is C[CH-]C.Cc1ncn(-c2nc[c-]c3c(C(=O)C(=O)N4CCC(=C(C#N)c5ccccc5)CC4)c[nH]c23)n1.[Y]. The van der Waals surface area contributed by atoms with E-state index in [4.69, 9.17) is 0 Å². The second kappa shape index (κ2) is 13.4. The summed E-state index contributed by atoms with van der Waals surface area (Å²) in [5, 5.41) is 14.4. The number of Topliss-reactive ketones (excluding diaryl/α,β-unsaturated/α-hetero) is 1. The summed E-state index contributed by atoms with van der Waals surface area (Å²) in [6.45, 7) is 6.54. The Kier molecular flexibility index (Phi) is 10.2. The summed E-state index contributed by atoms with van der Waals surface area (Å²) in [6.07, 6.45) is 7.60. The predicted octanol–water partition coefficient (Wildman–Crippen LogP) is 4.26. The molecule has 4 aromatic rings. The summed E-state index contributed by atoms with van der Waals surface area (Å²) in [5.41, 5.74) is 3.31. The molecule has 1 aliphatic heterocycles. The molecular weight excluding hydrogens is 555 g/mol. The summed E-state index contributed by atoms with van der Waals surface area (Å²) in [7, 11) is 0. The quantitative estimate of drug-likeness (QED) is 0.166. The van der Waals surface area contributed by atoms with E-state index in [1.54, 1.807) is 11.8 Å². The van der Waals surface area contributed by atoms with E-state index < -0.39 is 11.7 Å². The van der Waals surface area contributed by atoms with Crippen LogP contribution < -0.4 is 0 Å². The van der Waals surface area contributed by atoms with Gasteiger partial charge >= 0.3 is 0 Å². The summed E-state index contributed by atoms with van der Waals surface area (Å²) < 4.78 is 1.51. The molecule has 0 aliphatic carbocycles. The number of pyridine rings is 1. The summed E-state index contributed by atoms with van der Waals surface area (Å²) >= 11 is 0. The van der Waals surface area contributed by atoms with E-state index in [1.807, 2.05) is 50.6 Å². The maximum absolute atomic E-state index is 13.1. The molecule has 1 saturated heterocycles. The minimum atomic E-state index is -0.606. The first kappa shape index (κ1) is 29.1. The number of nitrogens with zero attached hydrogens (tertiary/aromatic N) is 6. The maximum atomic E-state index is 13.1. The van der Waals surface area contributed by atoms with Crippen LogP contribution in [0, 0.1) is 30.7 Å². The fourth-order valence-corrected chi connectivity index (χ4v) is 4.21. The Morgan fingerprint density at radius 2 is 1.82 bits per heavy atom. The third kappa shape index (κ3) is 6.14. The number of aromatic nitrogens is 5. The van der Waals surface area contributed by atoms with Crippen LogP contribution in [0.15, 0.2) is 54.6 Å². The van der Waals surface area contributed by atoms with Crippen molar-refractivity contribution in [3.63, 3.8) is 0 Å². The van der Waals surface area contributed by atoms with Crippen molar-refractivity contribution in [1.82, 2.24) is 29.6 Å². The first-order valence-corrected chi connectivity index (χ1v) is 12.0. The van der Waals surface area contributed by atoms with Gasteiger partial charge in [-0.1, -0.05) is 42.1 Å². The van der Waals surface area contributed by atoms with Gasteiger partial charge < -0.3 is 16.3 Å². The van der Waals surface area contributed by atoms with Crippen LogP contribution in [0.2, 0.25) is 0 Å². The average Bonchev–Trinajstić information content (AvgIpc) is 3.56. The molecule has 3 aromatic heterocycles. The van der Waals surface area contributed by atoms with Crippen molar-refractivity contribution in [2.75, 3.05) is 13.1 Å². The maximum Gasteiger partial charge on any atom is 0.282 e. The minimum Gasteiger partial charge on any atom is -0.420 e. The number of carbonyl (C=O) groups is 2. The van der Waals surface area contributed by atoms with Crippen molar-refractivity contribution in [3.05, 3.63) is 84.1 Å². The van der Waals surface area contributed by atoms with Gasteiger partial charge in [-0.3, -0.25) is 14.6 Å². The fourth-order valence-electron chi connectivity index (χ4n) is 4.21. The van der Waals surface area contributed by atoms with Gasteiger partial charge in [-0.05, 0) is 42.6 Å². The van der Waals surface area contributed by atoms with Crippen LogP contribution in [-0.2, 0) is 37.5 Å². The van der Waals surface area contributed by atoms with Crippen molar-refractivity contribution >= 4 is 28.2 Å². The monoisotopic (exact) mass is 582 g/mol. The van der Waals surface area contributed by atoms with Gasteiger partial charge in [0, 0.05) is 45.8 Å². The number of fused-ring (bicyclic) bond motifs is 1. The van der Waals surface area contributed by atoms with E-state index in [2.05, 4.69) is 32.2 Å². The van der Waals surface area contributed by atoms with E-state index in [-0.39, 0.29) is 38.3 Å². The summed E-state index contributed by atoms with van der Waals surface area (Å²) in [5.74, 6) is -0.114. The molecule has 0 spiro atoms. The van der Waals surface area contributed by atoms with Crippen molar-refractivity contribution in [1.29, 1.82) is 5.26 Å². The molecule has 1 radical (unpaired) electrons. The molecule has 1 aliphatic rings. The zero-order chi connectivity index (χ0) is 26.4. The number of carbonyl (C=O) groups excluding carboxylic acids is 2. The minimum absolute atomic E-state index is 0. The topological polar surface area (TPSA) is 121 Å². The number of hydrogen-bond donors (Lipinski definition) is 1. The third-order valence-electron chi connectivity index (χ3n) is 5.94. The second-order valence-corrected chi connectivity index (χ2v) is 8.57. The third-order valence-corrected chi connectivity index (χ3v) is 5.94. The number of amides is 1. The molecule has 1 amide bonds. The van der Waals surface area contributed by atoms with Crippen LogP contribution in [0.3, 0.4) is 0 Å². The van der Waals surface area contributed by atoms with Crippen LogP contribution in [0.5, 0.6) is 0 Å².